The Bertz CT molecular complexity index is 857. The number of hydrogen-bond donors (Lipinski definition) is 1. The molecule has 2 aromatic rings. The zero-order valence-corrected chi connectivity index (χ0v) is 16.6. The minimum Gasteiger partial charge on any atom is -0.458 e. The first-order valence-corrected chi connectivity index (χ1v) is 9.16. The van der Waals surface area contributed by atoms with Gasteiger partial charge in [0.1, 0.15) is 6.61 Å². The van der Waals surface area contributed by atoms with Gasteiger partial charge in [-0.1, -0.05) is 6.07 Å². The molecular formula is C21H25N3O4. The maximum Gasteiger partial charge on any atom is 0.374 e. The average Bonchev–Trinajstić information content (AvgIpc) is 3.13. The van der Waals surface area contributed by atoms with Gasteiger partial charge in [-0.3, -0.25) is 15.0 Å². The second-order valence-corrected chi connectivity index (χ2v) is 6.87. The molecule has 1 aromatic carbocycles. The van der Waals surface area contributed by atoms with Crippen LogP contribution in [0.5, 0.6) is 0 Å². The summed E-state index contributed by atoms with van der Waals surface area (Å²) in [4.78, 5) is 26.6. The first kappa shape index (κ1) is 21.2. The number of ether oxygens (including phenoxy) is 1. The van der Waals surface area contributed by atoms with E-state index in [2.05, 4.69) is 37.9 Å². The smallest absolute Gasteiger partial charge is 0.374 e. The van der Waals surface area contributed by atoms with Crippen molar-refractivity contribution in [1.29, 1.82) is 5.26 Å². The van der Waals surface area contributed by atoms with Crippen molar-refractivity contribution in [2.45, 2.75) is 39.8 Å². The molecule has 7 nitrogen and oxygen atoms in total. The number of carbonyl (C=O) groups excluding carboxylic acids is 2. The summed E-state index contributed by atoms with van der Waals surface area (Å²) < 4.78 is 10.6. The summed E-state index contributed by atoms with van der Waals surface area (Å²) in [7, 11) is 0. The first-order valence-electron chi connectivity index (χ1n) is 9.16. The largest absolute Gasteiger partial charge is 0.458 e. The molecule has 0 aliphatic heterocycles. The van der Waals surface area contributed by atoms with Gasteiger partial charge in [-0.2, -0.15) is 5.26 Å². The van der Waals surface area contributed by atoms with Gasteiger partial charge in [-0.15, -0.1) is 0 Å². The van der Waals surface area contributed by atoms with Crippen LogP contribution in [-0.2, 0) is 4.74 Å². The van der Waals surface area contributed by atoms with Gasteiger partial charge in [0.2, 0.25) is 11.6 Å². The lowest BCUT2D eigenvalue weighted by Gasteiger charge is -2.29. The quantitative estimate of drug-likeness (QED) is 0.699. The highest BCUT2D eigenvalue weighted by Crippen LogP contribution is 2.16. The molecule has 0 bridgehead atoms. The maximum atomic E-state index is 12.2. The molecule has 1 N–H and O–H groups in total. The van der Waals surface area contributed by atoms with Crippen LogP contribution in [0.15, 0.2) is 40.8 Å². The second-order valence-electron chi connectivity index (χ2n) is 6.87. The molecule has 0 radical (unpaired) electrons. The predicted octanol–water partition coefficient (Wildman–Crippen LogP) is 3.68. The van der Waals surface area contributed by atoms with Crippen molar-refractivity contribution in [3.63, 3.8) is 0 Å². The third-order valence-electron chi connectivity index (χ3n) is 4.21. The standard InChI is InChI=1S/C21H25N3O4/c1-14(2)24(15(3)4)10-11-27-21(26)18-8-9-19(28-18)23-20(25)17-7-5-6-16(12-17)13-22/h5-9,12,14-15H,10-11H2,1-4H3,(H,23,25). The molecule has 0 aliphatic rings. The van der Waals surface area contributed by atoms with E-state index in [1.165, 1.54) is 18.2 Å². The molecule has 2 rings (SSSR count). The van der Waals surface area contributed by atoms with Gasteiger partial charge < -0.3 is 9.15 Å². The lowest BCUT2D eigenvalue weighted by molar-refractivity contribution is 0.0384. The number of nitrogens with one attached hydrogen (secondary N) is 1. The molecule has 0 spiro atoms. The van der Waals surface area contributed by atoms with Gasteiger partial charge in [-0.05, 0) is 52.0 Å². The van der Waals surface area contributed by atoms with Crippen LogP contribution in [0.2, 0.25) is 0 Å². The van der Waals surface area contributed by atoms with Gasteiger partial charge in [0.05, 0.1) is 11.6 Å². The van der Waals surface area contributed by atoms with Crippen LogP contribution >= 0.6 is 0 Å². The van der Waals surface area contributed by atoms with Crippen LogP contribution in [0.1, 0.15) is 54.2 Å². The lowest BCUT2D eigenvalue weighted by atomic mass is 10.1. The second kappa shape index (κ2) is 9.72. The Labute approximate surface area is 164 Å². The summed E-state index contributed by atoms with van der Waals surface area (Å²) in [6, 6.07) is 11.9. The fraction of sp³-hybridized carbons (Fsp3) is 0.381. The van der Waals surface area contributed by atoms with E-state index in [1.54, 1.807) is 18.2 Å². The zero-order valence-electron chi connectivity index (χ0n) is 16.6. The Morgan fingerprint density at radius 3 is 2.54 bits per heavy atom. The Hall–Kier alpha value is -3.11. The van der Waals surface area contributed by atoms with Crippen molar-refractivity contribution in [3.8, 4) is 6.07 Å². The van der Waals surface area contributed by atoms with Crippen LogP contribution in [0, 0.1) is 11.3 Å². The van der Waals surface area contributed by atoms with Gasteiger partial charge >= 0.3 is 5.97 Å². The minimum absolute atomic E-state index is 0.0155. The van der Waals surface area contributed by atoms with Crippen molar-refractivity contribution in [1.82, 2.24) is 4.90 Å². The normalized spacial score (nSPS) is 10.9. The molecule has 1 amide bonds. The van der Waals surface area contributed by atoms with E-state index in [4.69, 9.17) is 14.4 Å². The molecule has 148 valence electrons. The van der Waals surface area contributed by atoms with E-state index in [0.29, 0.717) is 29.8 Å². The SMILES string of the molecule is CC(C)N(CCOC(=O)c1ccc(NC(=O)c2cccc(C#N)c2)o1)C(C)C. The molecule has 0 atom stereocenters. The highest BCUT2D eigenvalue weighted by molar-refractivity contribution is 6.04. The predicted molar refractivity (Wildman–Crippen MR) is 105 cm³/mol. The third-order valence-corrected chi connectivity index (χ3v) is 4.21. The molecule has 28 heavy (non-hydrogen) atoms. The van der Waals surface area contributed by atoms with E-state index in [0.717, 1.165) is 0 Å². The number of carbonyl (C=O) groups is 2. The molecule has 0 aliphatic carbocycles. The zero-order chi connectivity index (χ0) is 20.7. The fourth-order valence-corrected chi connectivity index (χ4v) is 2.86. The van der Waals surface area contributed by atoms with Crippen molar-refractivity contribution >= 4 is 17.8 Å². The lowest BCUT2D eigenvalue weighted by Crippen LogP contribution is -2.39. The Morgan fingerprint density at radius 2 is 1.89 bits per heavy atom. The van der Waals surface area contributed by atoms with E-state index in [9.17, 15) is 9.59 Å². The average molecular weight is 383 g/mol. The molecular weight excluding hydrogens is 358 g/mol. The van der Waals surface area contributed by atoms with Gasteiger partial charge in [-0.25, -0.2) is 4.79 Å². The summed E-state index contributed by atoms with van der Waals surface area (Å²) in [6.07, 6.45) is 0. The number of amides is 1. The first-order chi connectivity index (χ1) is 13.3. The number of nitrogens with zero attached hydrogens (tertiary/aromatic N) is 2. The number of anilines is 1. The topological polar surface area (TPSA) is 95.6 Å². The van der Waals surface area contributed by atoms with Crippen LogP contribution in [0.3, 0.4) is 0 Å². The summed E-state index contributed by atoms with van der Waals surface area (Å²) >= 11 is 0. The summed E-state index contributed by atoms with van der Waals surface area (Å²) in [6.45, 7) is 9.25. The van der Waals surface area contributed by atoms with E-state index in [1.807, 2.05) is 6.07 Å². The van der Waals surface area contributed by atoms with Crippen LogP contribution < -0.4 is 5.32 Å². The van der Waals surface area contributed by atoms with Gasteiger partial charge in [0.15, 0.2) is 0 Å². The van der Waals surface area contributed by atoms with Crippen LogP contribution in [-0.4, -0.2) is 42.0 Å². The number of hydrogen-bond acceptors (Lipinski definition) is 6. The summed E-state index contributed by atoms with van der Waals surface area (Å²) in [5, 5.41) is 11.5. The highest BCUT2D eigenvalue weighted by Gasteiger charge is 2.17. The van der Waals surface area contributed by atoms with E-state index in [-0.39, 0.29) is 18.3 Å². The maximum absolute atomic E-state index is 12.2. The number of esters is 1. The van der Waals surface area contributed by atoms with Crippen LogP contribution in [0.4, 0.5) is 5.88 Å². The van der Waals surface area contributed by atoms with Crippen LogP contribution in [0.25, 0.3) is 0 Å². The van der Waals surface area contributed by atoms with Crippen molar-refractivity contribution < 1.29 is 18.7 Å². The molecule has 0 unspecified atom stereocenters. The fourth-order valence-electron chi connectivity index (χ4n) is 2.86. The monoisotopic (exact) mass is 383 g/mol. The summed E-state index contributed by atoms with van der Waals surface area (Å²) in [5.41, 5.74) is 0.704. The van der Waals surface area contributed by atoms with E-state index < -0.39 is 11.9 Å². The molecule has 1 aromatic heterocycles. The number of rotatable bonds is 8. The Kier molecular flexibility index (Phi) is 7.36. The van der Waals surface area contributed by atoms with Crippen molar-refractivity contribution in [3.05, 3.63) is 53.3 Å². The number of benzene rings is 1. The Balaban J connectivity index is 1.91. The van der Waals surface area contributed by atoms with E-state index >= 15 is 0 Å². The molecule has 0 fully saturated rings. The van der Waals surface area contributed by atoms with Gasteiger partial charge in [0.25, 0.3) is 5.91 Å². The molecule has 7 heteroatoms. The Morgan fingerprint density at radius 1 is 1.18 bits per heavy atom. The van der Waals surface area contributed by atoms with Gasteiger partial charge in [0, 0.05) is 30.3 Å². The molecule has 1 heterocycles. The van der Waals surface area contributed by atoms with Crippen molar-refractivity contribution in [2.24, 2.45) is 0 Å². The number of furan rings is 1. The van der Waals surface area contributed by atoms with Crippen molar-refractivity contribution in [2.75, 3.05) is 18.5 Å². The molecule has 0 saturated carbocycles. The highest BCUT2D eigenvalue weighted by atomic mass is 16.5. The minimum atomic E-state index is -0.584. The molecule has 0 saturated heterocycles. The third kappa shape index (κ3) is 5.69. The number of nitriles is 1. The summed E-state index contributed by atoms with van der Waals surface area (Å²) in [5.74, 6) is -0.873.